The maximum atomic E-state index is 11.8. The molecule has 15 heavy (non-hydrogen) atoms. The van der Waals surface area contributed by atoms with Crippen molar-refractivity contribution in [1.82, 2.24) is 4.90 Å². The van der Waals surface area contributed by atoms with Crippen LogP contribution in [-0.4, -0.2) is 31.4 Å². The lowest BCUT2D eigenvalue weighted by Crippen LogP contribution is -2.17. The van der Waals surface area contributed by atoms with Gasteiger partial charge in [0, 0.05) is 20.2 Å². The van der Waals surface area contributed by atoms with E-state index in [-0.39, 0.29) is 5.78 Å². The number of para-hydroxylation sites is 1. The van der Waals surface area contributed by atoms with E-state index in [2.05, 4.69) is 0 Å². The summed E-state index contributed by atoms with van der Waals surface area (Å²) in [5.41, 5.74) is 1.52. The topological polar surface area (TPSA) is 29.5 Å². The zero-order valence-corrected chi connectivity index (χ0v) is 8.86. The van der Waals surface area contributed by atoms with E-state index in [1.807, 2.05) is 37.2 Å². The standard InChI is InChI=1S/C12H13NO2/c1-13(2)9-7-11(14)10-5-3-4-6-12(10)15-8-9/h3-7H,8H2,1-2H3. The number of benzene rings is 1. The number of likely N-dealkylation sites (N-methyl/N-ethyl adjacent to an activating group) is 1. The summed E-state index contributed by atoms with van der Waals surface area (Å²) in [7, 11) is 3.80. The summed E-state index contributed by atoms with van der Waals surface area (Å²) in [5.74, 6) is 0.669. The Morgan fingerprint density at radius 3 is 2.73 bits per heavy atom. The molecule has 1 aromatic rings. The predicted molar refractivity (Wildman–Crippen MR) is 58.0 cm³/mol. The van der Waals surface area contributed by atoms with Gasteiger partial charge >= 0.3 is 0 Å². The van der Waals surface area contributed by atoms with E-state index < -0.39 is 0 Å². The summed E-state index contributed by atoms with van der Waals surface area (Å²) in [6, 6.07) is 7.31. The summed E-state index contributed by atoms with van der Waals surface area (Å²) < 4.78 is 5.56. The highest BCUT2D eigenvalue weighted by Crippen LogP contribution is 2.23. The molecule has 1 aliphatic heterocycles. The summed E-state index contributed by atoms with van der Waals surface area (Å²) in [6.45, 7) is 0.440. The second-order valence-electron chi connectivity index (χ2n) is 3.68. The van der Waals surface area contributed by atoms with Crippen LogP contribution in [0.3, 0.4) is 0 Å². The summed E-state index contributed by atoms with van der Waals surface area (Å²) in [4.78, 5) is 13.7. The highest BCUT2D eigenvalue weighted by molar-refractivity contribution is 6.07. The Bertz CT molecular complexity index is 421. The second kappa shape index (κ2) is 3.77. The van der Waals surface area contributed by atoms with Gasteiger partial charge in [-0.25, -0.2) is 0 Å². The SMILES string of the molecule is CN(C)C1=CC(=O)c2ccccc2OC1. The Morgan fingerprint density at radius 1 is 1.27 bits per heavy atom. The van der Waals surface area contributed by atoms with Crippen LogP contribution in [0, 0.1) is 0 Å². The third-order valence-electron chi connectivity index (χ3n) is 2.40. The van der Waals surface area contributed by atoms with Crippen LogP contribution in [0.15, 0.2) is 36.0 Å². The Morgan fingerprint density at radius 2 is 2.00 bits per heavy atom. The highest BCUT2D eigenvalue weighted by Gasteiger charge is 2.16. The van der Waals surface area contributed by atoms with Gasteiger partial charge in [0.2, 0.25) is 0 Å². The molecule has 1 heterocycles. The first kappa shape index (κ1) is 9.77. The molecule has 3 nitrogen and oxygen atoms in total. The molecule has 3 heteroatoms. The van der Waals surface area contributed by atoms with E-state index in [9.17, 15) is 4.79 Å². The molecule has 1 aromatic carbocycles. The summed E-state index contributed by atoms with van der Waals surface area (Å²) in [6.07, 6.45) is 1.63. The van der Waals surface area contributed by atoms with E-state index in [1.54, 1.807) is 12.1 Å². The van der Waals surface area contributed by atoms with Crippen molar-refractivity contribution in [2.45, 2.75) is 0 Å². The molecule has 78 valence electrons. The van der Waals surface area contributed by atoms with Crippen LogP contribution in [0.4, 0.5) is 0 Å². The van der Waals surface area contributed by atoms with Gasteiger partial charge in [0.1, 0.15) is 12.4 Å². The molecule has 0 N–H and O–H groups in total. The lowest BCUT2D eigenvalue weighted by Gasteiger charge is -2.15. The number of hydrogen-bond donors (Lipinski definition) is 0. The van der Waals surface area contributed by atoms with Gasteiger partial charge in [0.25, 0.3) is 0 Å². The second-order valence-corrected chi connectivity index (χ2v) is 3.68. The van der Waals surface area contributed by atoms with Crippen LogP contribution in [-0.2, 0) is 0 Å². The van der Waals surface area contributed by atoms with Gasteiger partial charge in [-0.15, -0.1) is 0 Å². The number of carbonyl (C=O) groups excluding carboxylic acids is 1. The van der Waals surface area contributed by atoms with Crippen LogP contribution in [0.2, 0.25) is 0 Å². The smallest absolute Gasteiger partial charge is 0.191 e. The van der Waals surface area contributed by atoms with E-state index in [4.69, 9.17) is 4.74 Å². The maximum Gasteiger partial charge on any atom is 0.191 e. The number of rotatable bonds is 1. The van der Waals surface area contributed by atoms with Crippen LogP contribution in [0.25, 0.3) is 0 Å². The molecule has 0 spiro atoms. The zero-order valence-electron chi connectivity index (χ0n) is 8.86. The molecule has 0 saturated carbocycles. The number of ketones is 1. The molecular weight excluding hydrogens is 190 g/mol. The molecule has 0 unspecified atom stereocenters. The molecule has 0 aliphatic carbocycles. The molecular formula is C12H13NO2. The fourth-order valence-corrected chi connectivity index (χ4v) is 1.48. The van der Waals surface area contributed by atoms with Gasteiger partial charge in [-0.1, -0.05) is 12.1 Å². The quantitative estimate of drug-likeness (QED) is 0.695. The number of allylic oxidation sites excluding steroid dienone is 1. The predicted octanol–water partition coefficient (Wildman–Crippen LogP) is 1.71. The van der Waals surface area contributed by atoms with Crippen molar-refractivity contribution in [2.75, 3.05) is 20.7 Å². The van der Waals surface area contributed by atoms with Crippen molar-refractivity contribution in [1.29, 1.82) is 0 Å². The lowest BCUT2D eigenvalue weighted by molar-refractivity contribution is 0.104. The normalized spacial score (nSPS) is 14.8. The van der Waals surface area contributed by atoms with Crippen molar-refractivity contribution in [3.05, 3.63) is 41.6 Å². The van der Waals surface area contributed by atoms with Crippen molar-refractivity contribution < 1.29 is 9.53 Å². The highest BCUT2D eigenvalue weighted by atomic mass is 16.5. The third-order valence-corrected chi connectivity index (χ3v) is 2.40. The Labute approximate surface area is 89.0 Å². The number of nitrogens with zero attached hydrogens (tertiary/aromatic N) is 1. The zero-order chi connectivity index (χ0) is 10.8. The Kier molecular flexibility index (Phi) is 2.46. The van der Waals surface area contributed by atoms with E-state index in [0.29, 0.717) is 17.9 Å². The van der Waals surface area contributed by atoms with Gasteiger partial charge in [-0.05, 0) is 12.1 Å². The number of carbonyl (C=O) groups is 1. The van der Waals surface area contributed by atoms with E-state index >= 15 is 0 Å². The van der Waals surface area contributed by atoms with Gasteiger partial charge in [0.15, 0.2) is 5.78 Å². The van der Waals surface area contributed by atoms with Gasteiger partial charge in [-0.3, -0.25) is 4.79 Å². The molecule has 2 rings (SSSR count). The van der Waals surface area contributed by atoms with Gasteiger partial charge in [0.05, 0.1) is 11.3 Å². The third kappa shape index (κ3) is 1.86. The average molecular weight is 203 g/mol. The minimum absolute atomic E-state index is 0.00630. The van der Waals surface area contributed by atoms with E-state index in [0.717, 1.165) is 5.70 Å². The van der Waals surface area contributed by atoms with E-state index in [1.165, 1.54) is 0 Å². The Hall–Kier alpha value is -1.77. The summed E-state index contributed by atoms with van der Waals surface area (Å²) >= 11 is 0. The van der Waals surface area contributed by atoms with Gasteiger partial charge in [-0.2, -0.15) is 0 Å². The maximum absolute atomic E-state index is 11.8. The van der Waals surface area contributed by atoms with Crippen molar-refractivity contribution in [3.63, 3.8) is 0 Å². The van der Waals surface area contributed by atoms with Crippen LogP contribution in [0.1, 0.15) is 10.4 Å². The fraction of sp³-hybridized carbons (Fsp3) is 0.250. The number of hydrogen-bond acceptors (Lipinski definition) is 3. The largest absolute Gasteiger partial charge is 0.487 e. The van der Waals surface area contributed by atoms with Crippen molar-refractivity contribution in [3.8, 4) is 5.75 Å². The molecule has 0 aromatic heterocycles. The lowest BCUT2D eigenvalue weighted by atomic mass is 10.1. The summed E-state index contributed by atoms with van der Waals surface area (Å²) in [5, 5.41) is 0. The first-order valence-corrected chi connectivity index (χ1v) is 4.82. The van der Waals surface area contributed by atoms with Gasteiger partial charge < -0.3 is 9.64 Å². The fourth-order valence-electron chi connectivity index (χ4n) is 1.48. The van der Waals surface area contributed by atoms with Crippen LogP contribution in [0.5, 0.6) is 5.75 Å². The number of fused-ring (bicyclic) bond motifs is 1. The van der Waals surface area contributed by atoms with Crippen LogP contribution < -0.4 is 4.74 Å². The monoisotopic (exact) mass is 203 g/mol. The first-order valence-electron chi connectivity index (χ1n) is 4.82. The molecule has 0 saturated heterocycles. The van der Waals surface area contributed by atoms with Crippen LogP contribution >= 0.6 is 0 Å². The molecule has 1 aliphatic rings. The van der Waals surface area contributed by atoms with Crippen molar-refractivity contribution in [2.24, 2.45) is 0 Å². The molecule has 0 radical (unpaired) electrons. The molecule has 0 atom stereocenters. The van der Waals surface area contributed by atoms with Crippen molar-refractivity contribution >= 4 is 5.78 Å². The minimum atomic E-state index is 0.00630. The molecule has 0 amide bonds. The average Bonchev–Trinajstić information content (AvgIpc) is 2.39. The Balaban J connectivity index is 2.40. The first-order chi connectivity index (χ1) is 7.18. The minimum Gasteiger partial charge on any atom is -0.487 e. The molecule has 0 fully saturated rings. The number of ether oxygens (including phenoxy) is 1. The molecule has 0 bridgehead atoms.